The van der Waals surface area contributed by atoms with Gasteiger partial charge in [0.05, 0.1) is 22.8 Å². The van der Waals surface area contributed by atoms with E-state index >= 15 is 0 Å². The highest BCUT2D eigenvalue weighted by Crippen LogP contribution is 2.40. The van der Waals surface area contributed by atoms with Gasteiger partial charge in [-0.2, -0.15) is 0 Å². The third-order valence-electron chi connectivity index (χ3n) is 3.60. The normalized spacial score (nSPS) is 12.7. The molecule has 27 heavy (non-hydrogen) atoms. The van der Waals surface area contributed by atoms with Crippen LogP contribution in [-0.4, -0.2) is 26.2 Å². The van der Waals surface area contributed by atoms with Gasteiger partial charge >= 0.3 is 0 Å². The number of anilines is 1. The number of halogens is 3. The summed E-state index contributed by atoms with van der Waals surface area (Å²) in [6, 6.07) is 6.54. The highest BCUT2D eigenvalue weighted by atomic mass is 35.5. The molecule has 0 unspecified atom stereocenters. The molecule has 2 N–H and O–H groups in total. The van der Waals surface area contributed by atoms with Gasteiger partial charge in [-0.3, -0.25) is 15.6 Å². The molecule has 0 atom stereocenters. The molecule has 2 aromatic carbocycles. The lowest BCUT2D eigenvalue weighted by atomic mass is 10.1. The van der Waals surface area contributed by atoms with Gasteiger partial charge in [-0.25, -0.2) is 0 Å². The summed E-state index contributed by atoms with van der Waals surface area (Å²) < 4.78 is 16.4. The predicted octanol–water partition coefficient (Wildman–Crippen LogP) is 4.58. The maximum Gasteiger partial charge on any atom is 0.262 e. The Bertz CT molecular complexity index is 862. The number of rotatable bonds is 5. The number of methoxy groups -OCH3 is 1. The summed E-state index contributed by atoms with van der Waals surface area (Å²) >= 11 is 18.0. The number of hydrogen-bond donors (Lipinski definition) is 2. The van der Waals surface area contributed by atoms with Crippen molar-refractivity contribution in [2.75, 3.05) is 25.7 Å². The summed E-state index contributed by atoms with van der Waals surface area (Å²) in [5, 5.41) is 0.969. The Kier molecular flexibility index (Phi) is 6.21. The zero-order chi connectivity index (χ0) is 19.4. The van der Waals surface area contributed by atoms with E-state index in [1.807, 2.05) is 0 Å². The quantitative estimate of drug-likeness (QED) is 0.538. The van der Waals surface area contributed by atoms with Gasteiger partial charge in [0.15, 0.2) is 11.5 Å². The van der Waals surface area contributed by atoms with Crippen molar-refractivity contribution < 1.29 is 19.0 Å². The number of hydrogen-bond acceptors (Lipinski definition) is 5. The molecule has 0 saturated carbocycles. The van der Waals surface area contributed by atoms with E-state index in [-0.39, 0.29) is 10.0 Å². The number of carbonyl (C=O) groups excluding carboxylic acids is 1. The van der Waals surface area contributed by atoms with Gasteiger partial charge in [-0.05, 0) is 35.9 Å². The van der Waals surface area contributed by atoms with Crippen molar-refractivity contribution in [1.82, 2.24) is 5.43 Å². The second-order valence-corrected chi connectivity index (χ2v) is 6.69. The fourth-order valence-corrected chi connectivity index (χ4v) is 3.30. The van der Waals surface area contributed by atoms with Crippen LogP contribution in [0.1, 0.15) is 5.56 Å². The fourth-order valence-electron chi connectivity index (χ4n) is 2.39. The Labute approximate surface area is 170 Å². The maximum atomic E-state index is 12.1. The van der Waals surface area contributed by atoms with Crippen molar-refractivity contribution in [3.05, 3.63) is 51.0 Å². The van der Waals surface area contributed by atoms with Crippen LogP contribution in [0.2, 0.25) is 15.1 Å². The zero-order valence-corrected chi connectivity index (χ0v) is 16.4. The topological polar surface area (TPSA) is 68.8 Å². The van der Waals surface area contributed by atoms with Crippen molar-refractivity contribution >= 4 is 52.5 Å². The molecule has 0 bridgehead atoms. The van der Waals surface area contributed by atoms with E-state index in [0.717, 1.165) is 0 Å². The molecule has 3 rings (SSSR count). The van der Waals surface area contributed by atoms with Crippen LogP contribution < -0.4 is 25.1 Å². The summed E-state index contributed by atoms with van der Waals surface area (Å²) in [6.07, 6.45) is 2.96. The molecule has 0 aromatic heterocycles. The van der Waals surface area contributed by atoms with Crippen molar-refractivity contribution in [1.29, 1.82) is 0 Å². The molecular weight excluding hydrogens is 415 g/mol. The monoisotopic (exact) mass is 428 g/mol. The molecule has 0 saturated heterocycles. The van der Waals surface area contributed by atoms with E-state index in [1.165, 1.54) is 25.3 Å². The van der Waals surface area contributed by atoms with Crippen LogP contribution in [0.25, 0.3) is 6.08 Å². The average Bonchev–Trinajstić information content (AvgIpc) is 2.64. The molecular formula is C18H15Cl3N2O4. The first-order valence-corrected chi connectivity index (χ1v) is 8.97. The Morgan fingerprint density at radius 3 is 2.52 bits per heavy atom. The van der Waals surface area contributed by atoms with E-state index in [1.54, 1.807) is 18.2 Å². The number of carbonyl (C=O) groups is 1. The molecule has 142 valence electrons. The molecule has 1 heterocycles. The van der Waals surface area contributed by atoms with Gasteiger partial charge in [-0.1, -0.05) is 34.8 Å². The lowest BCUT2D eigenvalue weighted by molar-refractivity contribution is -0.115. The van der Waals surface area contributed by atoms with Crippen molar-refractivity contribution in [3.63, 3.8) is 0 Å². The molecule has 9 heteroatoms. The summed E-state index contributed by atoms with van der Waals surface area (Å²) in [4.78, 5) is 12.1. The number of benzene rings is 2. The lowest BCUT2D eigenvalue weighted by Gasteiger charge is -2.20. The summed E-state index contributed by atoms with van der Waals surface area (Å²) in [5.74, 6) is 1.24. The smallest absolute Gasteiger partial charge is 0.262 e. The minimum Gasteiger partial charge on any atom is -0.493 e. The molecule has 1 aliphatic heterocycles. The predicted molar refractivity (Wildman–Crippen MR) is 106 cm³/mol. The van der Waals surface area contributed by atoms with Crippen LogP contribution >= 0.6 is 34.8 Å². The Hall–Kier alpha value is -2.28. The molecule has 0 spiro atoms. The fraction of sp³-hybridized carbons (Fsp3) is 0.167. The Morgan fingerprint density at radius 2 is 1.81 bits per heavy atom. The number of hydrazine groups is 1. The van der Waals surface area contributed by atoms with Crippen LogP contribution in [0.5, 0.6) is 17.2 Å². The zero-order valence-electron chi connectivity index (χ0n) is 14.1. The molecule has 0 fully saturated rings. The first kappa shape index (κ1) is 19.5. The number of amides is 1. The van der Waals surface area contributed by atoms with Gasteiger partial charge in [0.25, 0.3) is 5.91 Å². The minimum atomic E-state index is -0.411. The molecule has 0 radical (unpaired) electrons. The number of fused-ring (bicyclic) bond motifs is 1. The summed E-state index contributed by atoms with van der Waals surface area (Å²) in [6.45, 7) is 0.915. The maximum absolute atomic E-state index is 12.1. The van der Waals surface area contributed by atoms with Crippen LogP contribution in [0.15, 0.2) is 30.3 Å². The van der Waals surface area contributed by atoms with E-state index in [9.17, 15) is 4.79 Å². The minimum absolute atomic E-state index is 0.286. The molecule has 6 nitrogen and oxygen atoms in total. The second kappa shape index (κ2) is 8.61. The highest BCUT2D eigenvalue weighted by molar-refractivity contribution is 6.41. The number of nitrogens with one attached hydrogen (secondary N) is 2. The van der Waals surface area contributed by atoms with Gasteiger partial charge < -0.3 is 14.2 Å². The van der Waals surface area contributed by atoms with E-state index in [4.69, 9.17) is 49.0 Å². The Balaban J connectivity index is 1.69. The SMILES string of the molecule is COc1cc(/C=C/C(=O)NNc2c(Cl)cc(Cl)cc2Cl)cc2c1OCCO2. The first-order valence-electron chi connectivity index (χ1n) is 7.84. The third-order valence-corrected chi connectivity index (χ3v) is 4.41. The van der Waals surface area contributed by atoms with E-state index < -0.39 is 5.91 Å². The summed E-state index contributed by atoms with van der Waals surface area (Å²) in [7, 11) is 1.54. The van der Waals surface area contributed by atoms with Crippen molar-refractivity contribution in [2.24, 2.45) is 0 Å². The van der Waals surface area contributed by atoms with Gasteiger partial charge in [0, 0.05) is 11.1 Å². The molecule has 0 aliphatic carbocycles. The molecule has 1 aliphatic rings. The van der Waals surface area contributed by atoms with Gasteiger partial charge in [0.2, 0.25) is 5.75 Å². The number of ether oxygens (including phenoxy) is 3. The van der Waals surface area contributed by atoms with Gasteiger partial charge in [-0.15, -0.1) is 0 Å². The Morgan fingerprint density at radius 1 is 1.11 bits per heavy atom. The van der Waals surface area contributed by atoms with Crippen LogP contribution in [0.4, 0.5) is 5.69 Å². The van der Waals surface area contributed by atoms with Gasteiger partial charge in [0.1, 0.15) is 13.2 Å². The highest BCUT2D eigenvalue weighted by Gasteiger charge is 2.17. The largest absolute Gasteiger partial charge is 0.493 e. The van der Waals surface area contributed by atoms with Crippen LogP contribution in [-0.2, 0) is 4.79 Å². The van der Waals surface area contributed by atoms with Crippen molar-refractivity contribution in [3.8, 4) is 17.2 Å². The second-order valence-electron chi connectivity index (χ2n) is 5.44. The van der Waals surface area contributed by atoms with Crippen LogP contribution in [0.3, 0.4) is 0 Å². The average molecular weight is 430 g/mol. The van der Waals surface area contributed by atoms with Crippen LogP contribution in [0, 0.1) is 0 Å². The first-order chi connectivity index (χ1) is 13.0. The van der Waals surface area contributed by atoms with E-state index in [2.05, 4.69) is 10.9 Å². The van der Waals surface area contributed by atoms with E-state index in [0.29, 0.717) is 46.7 Å². The molecule has 2 aromatic rings. The lowest BCUT2D eigenvalue weighted by Crippen LogP contribution is -2.27. The standard InChI is InChI=1S/C18H15Cl3N2O4/c1-25-14-6-10(7-15-18(14)27-5-4-26-15)2-3-16(24)22-23-17-12(20)8-11(19)9-13(17)21/h2-3,6-9,23H,4-5H2,1H3,(H,22,24)/b3-2+. The van der Waals surface area contributed by atoms with Crippen molar-refractivity contribution in [2.45, 2.75) is 0 Å². The third kappa shape index (κ3) is 4.71. The summed E-state index contributed by atoms with van der Waals surface area (Å²) in [5.41, 5.74) is 6.23. The molecule has 1 amide bonds.